The van der Waals surface area contributed by atoms with E-state index in [0.29, 0.717) is 18.3 Å². The first-order valence-corrected chi connectivity index (χ1v) is 6.80. The van der Waals surface area contributed by atoms with Crippen LogP contribution in [-0.2, 0) is 4.79 Å². The Morgan fingerprint density at radius 2 is 2.13 bits per heavy atom. The molecular weight excluding hydrogens is 256 g/mol. The number of carbonyl (C=O) groups is 1. The normalized spacial score (nSPS) is 21.5. The van der Waals surface area contributed by atoms with Crippen molar-refractivity contribution < 1.29 is 4.79 Å². The zero-order valence-corrected chi connectivity index (χ0v) is 11.0. The molecule has 0 aromatic carbocycles. The summed E-state index contributed by atoms with van der Waals surface area (Å²) in [4.78, 5) is 13.3. The van der Waals surface area contributed by atoms with Crippen LogP contribution in [0.5, 0.6) is 0 Å². The van der Waals surface area contributed by atoms with Crippen LogP contribution in [0.3, 0.4) is 0 Å². The third-order valence-corrected chi connectivity index (χ3v) is 4.14. The number of nitrogens with two attached hydrogens (primary N) is 1. The molecular formula is C11H21BrN2O. The Labute approximate surface area is 101 Å². The fraction of sp³-hybridized carbons (Fsp3) is 0.909. The van der Waals surface area contributed by atoms with Crippen LogP contribution < -0.4 is 5.73 Å². The Balaban J connectivity index is 2.20. The summed E-state index contributed by atoms with van der Waals surface area (Å²) in [6.45, 7) is 5.66. The number of nitrogens with zero attached hydrogens (tertiary/aromatic N) is 1. The van der Waals surface area contributed by atoms with Crippen LogP contribution in [-0.4, -0.2) is 35.8 Å². The minimum Gasteiger partial charge on any atom is -0.370 e. The molecule has 0 aromatic heterocycles. The summed E-state index contributed by atoms with van der Waals surface area (Å²) in [5.41, 5.74) is 5.20. The van der Waals surface area contributed by atoms with Gasteiger partial charge in [0.25, 0.3) is 0 Å². The lowest BCUT2D eigenvalue weighted by Gasteiger charge is -2.32. The van der Waals surface area contributed by atoms with Gasteiger partial charge in [-0.25, -0.2) is 0 Å². The molecule has 3 nitrogen and oxygen atoms in total. The Morgan fingerprint density at radius 3 is 2.60 bits per heavy atom. The number of halogens is 1. The van der Waals surface area contributed by atoms with E-state index >= 15 is 0 Å². The first-order valence-electron chi connectivity index (χ1n) is 5.68. The smallest absolute Gasteiger partial charge is 0.217 e. The van der Waals surface area contributed by atoms with Gasteiger partial charge in [0, 0.05) is 18.3 Å². The molecule has 1 saturated heterocycles. The molecule has 1 aliphatic rings. The predicted octanol–water partition coefficient (Wildman–Crippen LogP) is 1.60. The van der Waals surface area contributed by atoms with Crippen LogP contribution in [0.2, 0.25) is 0 Å². The van der Waals surface area contributed by atoms with E-state index in [-0.39, 0.29) is 5.91 Å². The molecule has 1 amide bonds. The molecule has 1 aliphatic heterocycles. The van der Waals surface area contributed by atoms with Crippen molar-refractivity contribution in [2.45, 2.75) is 26.2 Å². The van der Waals surface area contributed by atoms with Gasteiger partial charge >= 0.3 is 0 Å². The van der Waals surface area contributed by atoms with E-state index in [0.717, 1.165) is 37.8 Å². The number of primary amides is 1. The number of likely N-dealkylation sites (tertiary alicyclic amines) is 1. The summed E-state index contributed by atoms with van der Waals surface area (Å²) < 4.78 is 0. The Bertz CT molecular complexity index is 203. The summed E-state index contributed by atoms with van der Waals surface area (Å²) in [5.74, 6) is 1.08. The van der Waals surface area contributed by atoms with E-state index < -0.39 is 0 Å². The van der Waals surface area contributed by atoms with Crippen LogP contribution in [0, 0.1) is 11.8 Å². The van der Waals surface area contributed by atoms with Crippen LogP contribution in [0.4, 0.5) is 0 Å². The van der Waals surface area contributed by atoms with Crippen LogP contribution >= 0.6 is 15.9 Å². The second kappa shape index (κ2) is 6.48. The van der Waals surface area contributed by atoms with Gasteiger partial charge in [-0.15, -0.1) is 0 Å². The van der Waals surface area contributed by atoms with Crippen molar-refractivity contribution in [3.63, 3.8) is 0 Å². The van der Waals surface area contributed by atoms with Crippen molar-refractivity contribution >= 4 is 21.8 Å². The maximum absolute atomic E-state index is 10.8. The largest absolute Gasteiger partial charge is 0.370 e. The van der Waals surface area contributed by atoms with Crippen molar-refractivity contribution in [3.05, 3.63) is 0 Å². The molecule has 2 N–H and O–H groups in total. The number of piperidine rings is 1. The average Bonchev–Trinajstić information content (AvgIpc) is 2.20. The van der Waals surface area contributed by atoms with Crippen LogP contribution in [0.1, 0.15) is 26.2 Å². The molecule has 0 bridgehead atoms. The fourth-order valence-corrected chi connectivity index (χ4v) is 2.35. The summed E-state index contributed by atoms with van der Waals surface area (Å²) in [6.07, 6.45) is 2.82. The highest BCUT2D eigenvalue weighted by atomic mass is 79.9. The van der Waals surface area contributed by atoms with Crippen molar-refractivity contribution in [1.29, 1.82) is 0 Å². The summed E-state index contributed by atoms with van der Waals surface area (Å²) in [6, 6.07) is 0. The highest BCUT2D eigenvalue weighted by molar-refractivity contribution is 9.09. The van der Waals surface area contributed by atoms with Crippen molar-refractivity contribution in [1.82, 2.24) is 4.90 Å². The Kier molecular flexibility index (Phi) is 5.61. The van der Waals surface area contributed by atoms with E-state index in [9.17, 15) is 4.79 Å². The quantitative estimate of drug-likeness (QED) is 0.776. The van der Waals surface area contributed by atoms with Crippen LogP contribution in [0.25, 0.3) is 0 Å². The lowest BCUT2D eigenvalue weighted by Crippen LogP contribution is -2.37. The lowest BCUT2D eigenvalue weighted by molar-refractivity contribution is -0.119. The maximum atomic E-state index is 10.8. The van der Waals surface area contributed by atoms with Gasteiger partial charge in [0.05, 0.1) is 0 Å². The van der Waals surface area contributed by atoms with Crippen molar-refractivity contribution in [2.24, 2.45) is 17.6 Å². The highest BCUT2D eigenvalue weighted by Crippen LogP contribution is 2.20. The van der Waals surface area contributed by atoms with Gasteiger partial charge in [0.1, 0.15) is 0 Å². The SMILES string of the molecule is CC(CBr)CN1CCC(CC(N)=O)CC1. The predicted molar refractivity (Wildman–Crippen MR) is 65.9 cm³/mol. The number of carbonyl (C=O) groups excluding carboxylic acids is 1. The number of alkyl halides is 1. The molecule has 88 valence electrons. The molecule has 1 heterocycles. The van der Waals surface area contributed by atoms with E-state index in [4.69, 9.17) is 5.73 Å². The molecule has 0 saturated carbocycles. The molecule has 4 heteroatoms. The molecule has 1 unspecified atom stereocenters. The van der Waals surface area contributed by atoms with Crippen molar-refractivity contribution in [3.8, 4) is 0 Å². The zero-order chi connectivity index (χ0) is 11.3. The summed E-state index contributed by atoms with van der Waals surface area (Å²) >= 11 is 3.50. The fourth-order valence-electron chi connectivity index (χ4n) is 2.15. The topological polar surface area (TPSA) is 46.3 Å². The molecule has 1 rings (SSSR count). The molecule has 0 aromatic rings. The second-order valence-electron chi connectivity index (χ2n) is 4.67. The highest BCUT2D eigenvalue weighted by Gasteiger charge is 2.21. The summed E-state index contributed by atoms with van der Waals surface area (Å²) in [7, 11) is 0. The Hall–Kier alpha value is -0.0900. The maximum Gasteiger partial charge on any atom is 0.217 e. The number of hydrogen-bond acceptors (Lipinski definition) is 2. The van der Waals surface area contributed by atoms with Gasteiger partial charge in [0.2, 0.25) is 5.91 Å². The number of amides is 1. The minimum atomic E-state index is -0.151. The zero-order valence-electron chi connectivity index (χ0n) is 9.42. The molecule has 1 fully saturated rings. The first kappa shape index (κ1) is 13.0. The summed E-state index contributed by atoms with van der Waals surface area (Å²) in [5, 5.41) is 1.06. The molecule has 15 heavy (non-hydrogen) atoms. The lowest BCUT2D eigenvalue weighted by atomic mass is 9.93. The van der Waals surface area contributed by atoms with E-state index in [2.05, 4.69) is 27.8 Å². The molecule has 0 spiro atoms. The van der Waals surface area contributed by atoms with Gasteiger partial charge in [-0.2, -0.15) is 0 Å². The molecule has 0 aliphatic carbocycles. The first-order chi connectivity index (χ1) is 7.11. The number of rotatable bonds is 5. The van der Waals surface area contributed by atoms with Gasteiger partial charge in [0.15, 0.2) is 0 Å². The molecule has 1 atom stereocenters. The molecule has 0 radical (unpaired) electrons. The van der Waals surface area contributed by atoms with E-state index in [1.807, 2.05) is 0 Å². The number of hydrogen-bond donors (Lipinski definition) is 1. The van der Waals surface area contributed by atoms with Crippen molar-refractivity contribution in [2.75, 3.05) is 25.0 Å². The monoisotopic (exact) mass is 276 g/mol. The van der Waals surface area contributed by atoms with Gasteiger partial charge in [-0.1, -0.05) is 22.9 Å². The van der Waals surface area contributed by atoms with E-state index in [1.54, 1.807) is 0 Å². The van der Waals surface area contributed by atoms with Gasteiger partial charge in [-0.05, 0) is 37.8 Å². The second-order valence-corrected chi connectivity index (χ2v) is 5.32. The van der Waals surface area contributed by atoms with Gasteiger partial charge in [-0.3, -0.25) is 4.79 Å². The van der Waals surface area contributed by atoms with Gasteiger partial charge < -0.3 is 10.6 Å². The third-order valence-electron chi connectivity index (χ3n) is 3.03. The van der Waals surface area contributed by atoms with Crippen LogP contribution in [0.15, 0.2) is 0 Å². The minimum absolute atomic E-state index is 0.151. The standard InChI is InChI=1S/C11H21BrN2O/c1-9(7-12)8-14-4-2-10(3-5-14)6-11(13)15/h9-10H,2-8H2,1H3,(H2,13,15). The third kappa shape index (κ3) is 4.98. The Morgan fingerprint density at radius 1 is 1.53 bits per heavy atom. The average molecular weight is 277 g/mol. The van der Waals surface area contributed by atoms with E-state index in [1.165, 1.54) is 0 Å².